The van der Waals surface area contributed by atoms with Gasteiger partial charge in [0.05, 0.1) is 5.92 Å². The largest absolute Gasteiger partial charge is 0.351 e. The maximum atomic E-state index is 12.1. The SMILES string of the molecule is CCC(C)(C)NC(=O)C1CC(=O)N(CC(C)C)C1. The molecule has 0 aromatic heterocycles. The van der Waals surface area contributed by atoms with E-state index in [9.17, 15) is 9.59 Å². The Kier molecular flexibility index (Phi) is 4.77. The molecule has 0 bridgehead atoms. The van der Waals surface area contributed by atoms with E-state index in [1.54, 1.807) is 0 Å². The van der Waals surface area contributed by atoms with Gasteiger partial charge >= 0.3 is 0 Å². The van der Waals surface area contributed by atoms with Crippen LogP contribution >= 0.6 is 0 Å². The average Bonchev–Trinajstić information content (AvgIpc) is 2.59. The smallest absolute Gasteiger partial charge is 0.225 e. The van der Waals surface area contributed by atoms with Gasteiger partial charge in [-0.15, -0.1) is 0 Å². The van der Waals surface area contributed by atoms with Crippen LogP contribution < -0.4 is 5.32 Å². The molecule has 1 saturated heterocycles. The third-order valence-electron chi connectivity index (χ3n) is 3.52. The van der Waals surface area contributed by atoms with Crippen molar-refractivity contribution in [3.8, 4) is 0 Å². The molecule has 4 heteroatoms. The molecule has 104 valence electrons. The van der Waals surface area contributed by atoms with Crippen LogP contribution in [0.25, 0.3) is 0 Å². The van der Waals surface area contributed by atoms with E-state index in [4.69, 9.17) is 0 Å². The van der Waals surface area contributed by atoms with Crippen LogP contribution in [0, 0.1) is 11.8 Å². The van der Waals surface area contributed by atoms with Crippen molar-refractivity contribution in [3.05, 3.63) is 0 Å². The minimum absolute atomic E-state index is 0.0152. The van der Waals surface area contributed by atoms with Gasteiger partial charge in [0.25, 0.3) is 0 Å². The molecule has 0 aromatic carbocycles. The molecule has 0 radical (unpaired) electrons. The van der Waals surface area contributed by atoms with Crippen molar-refractivity contribution in [3.63, 3.8) is 0 Å². The maximum absolute atomic E-state index is 12.1. The molecule has 1 aliphatic rings. The lowest BCUT2D eigenvalue weighted by molar-refractivity contribution is -0.129. The monoisotopic (exact) mass is 254 g/mol. The van der Waals surface area contributed by atoms with E-state index in [2.05, 4.69) is 19.2 Å². The molecule has 1 aliphatic heterocycles. The van der Waals surface area contributed by atoms with E-state index >= 15 is 0 Å². The number of nitrogens with zero attached hydrogens (tertiary/aromatic N) is 1. The average molecular weight is 254 g/mol. The number of hydrogen-bond acceptors (Lipinski definition) is 2. The van der Waals surface area contributed by atoms with Crippen molar-refractivity contribution >= 4 is 11.8 Å². The van der Waals surface area contributed by atoms with E-state index in [0.717, 1.165) is 13.0 Å². The molecule has 1 atom stereocenters. The van der Waals surface area contributed by atoms with Crippen LogP contribution in [0.15, 0.2) is 0 Å². The van der Waals surface area contributed by atoms with E-state index < -0.39 is 0 Å². The summed E-state index contributed by atoms with van der Waals surface area (Å²) >= 11 is 0. The summed E-state index contributed by atoms with van der Waals surface area (Å²) in [5.41, 5.74) is -0.189. The predicted octanol–water partition coefficient (Wildman–Crippen LogP) is 1.80. The molecule has 1 heterocycles. The van der Waals surface area contributed by atoms with Crippen LogP contribution in [-0.4, -0.2) is 35.3 Å². The van der Waals surface area contributed by atoms with E-state index in [1.165, 1.54) is 0 Å². The van der Waals surface area contributed by atoms with Gasteiger partial charge in [0.1, 0.15) is 0 Å². The summed E-state index contributed by atoms with van der Waals surface area (Å²) in [5, 5.41) is 3.02. The van der Waals surface area contributed by atoms with Crippen molar-refractivity contribution in [2.24, 2.45) is 11.8 Å². The highest BCUT2D eigenvalue weighted by atomic mass is 16.2. The number of hydrogen-bond donors (Lipinski definition) is 1. The fourth-order valence-corrected chi connectivity index (χ4v) is 2.09. The molecule has 0 aromatic rings. The highest BCUT2D eigenvalue weighted by Gasteiger charge is 2.35. The summed E-state index contributed by atoms with van der Waals surface area (Å²) in [6.45, 7) is 11.6. The fraction of sp³-hybridized carbons (Fsp3) is 0.857. The first kappa shape index (κ1) is 15.0. The second kappa shape index (κ2) is 5.72. The Morgan fingerprint density at radius 3 is 2.61 bits per heavy atom. The van der Waals surface area contributed by atoms with Crippen molar-refractivity contribution in [1.29, 1.82) is 0 Å². The van der Waals surface area contributed by atoms with E-state index in [-0.39, 0.29) is 23.3 Å². The number of likely N-dealkylation sites (tertiary alicyclic amines) is 1. The molecular formula is C14H26N2O2. The van der Waals surface area contributed by atoms with E-state index in [1.807, 2.05) is 25.7 Å². The summed E-state index contributed by atoms with van der Waals surface area (Å²) in [5.74, 6) is 0.393. The Morgan fingerprint density at radius 1 is 1.50 bits per heavy atom. The van der Waals surface area contributed by atoms with Gasteiger partial charge in [-0.1, -0.05) is 20.8 Å². The Hall–Kier alpha value is -1.06. The van der Waals surface area contributed by atoms with Gasteiger partial charge < -0.3 is 10.2 Å². The number of carbonyl (C=O) groups is 2. The molecule has 18 heavy (non-hydrogen) atoms. The fourth-order valence-electron chi connectivity index (χ4n) is 2.09. The van der Waals surface area contributed by atoms with Crippen molar-refractivity contribution in [2.75, 3.05) is 13.1 Å². The summed E-state index contributed by atoms with van der Waals surface area (Å²) in [7, 11) is 0. The number of amides is 2. The highest BCUT2D eigenvalue weighted by molar-refractivity contribution is 5.89. The van der Waals surface area contributed by atoms with Crippen molar-refractivity contribution in [2.45, 2.75) is 53.0 Å². The lowest BCUT2D eigenvalue weighted by atomic mass is 9.99. The third-order valence-corrected chi connectivity index (χ3v) is 3.52. The van der Waals surface area contributed by atoms with Crippen LogP contribution in [0.3, 0.4) is 0 Å². The van der Waals surface area contributed by atoms with Gasteiger partial charge in [0.15, 0.2) is 0 Å². The third kappa shape index (κ3) is 4.00. The van der Waals surface area contributed by atoms with E-state index in [0.29, 0.717) is 18.9 Å². The Morgan fingerprint density at radius 2 is 2.11 bits per heavy atom. The second-order valence-electron chi connectivity index (χ2n) is 6.32. The van der Waals surface area contributed by atoms with Crippen LogP contribution in [0.4, 0.5) is 0 Å². The van der Waals surface area contributed by atoms with Gasteiger partial charge in [-0.2, -0.15) is 0 Å². The molecular weight excluding hydrogens is 228 g/mol. The normalized spacial score (nSPS) is 20.7. The Labute approximate surface area is 110 Å². The molecule has 2 amide bonds. The minimum Gasteiger partial charge on any atom is -0.351 e. The topological polar surface area (TPSA) is 49.4 Å². The van der Waals surface area contributed by atoms with Crippen molar-refractivity contribution in [1.82, 2.24) is 10.2 Å². The zero-order valence-corrected chi connectivity index (χ0v) is 12.2. The molecule has 1 N–H and O–H groups in total. The summed E-state index contributed by atoms with van der Waals surface area (Å²) in [4.78, 5) is 25.7. The van der Waals surface area contributed by atoms with Crippen LogP contribution in [-0.2, 0) is 9.59 Å². The first-order valence-corrected chi connectivity index (χ1v) is 6.85. The standard InChI is InChI=1S/C14H26N2O2/c1-6-14(4,5)15-13(18)11-7-12(17)16(9-11)8-10(2)3/h10-11H,6-9H2,1-5H3,(H,15,18). The molecule has 0 aliphatic carbocycles. The number of rotatable bonds is 5. The van der Waals surface area contributed by atoms with Gasteiger partial charge in [0.2, 0.25) is 11.8 Å². The Balaban J connectivity index is 2.55. The minimum atomic E-state index is -0.189. The van der Waals surface area contributed by atoms with Crippen LogP contribution in [0.1, 0.15) is 47.5 Å². The summed E-state index contributed by atoms with van der Waals surface area (Å²) < 4.78 is 0. The lowest BCUT2D eigenvalue weighted by Gasteiger charge is -2.26. The Bertz CT molecular complexity index is 324. The molecule has 1 unspecified atom stereocenters. The van der Waals surface area contributed by atoms with Crippen LogP contribution in [0.2, 0.25) is 0 Å². The second-order valence-corrected chi connectivity index (χ2v) is 6.32. The zero-order chi connectivity index (χ0) is 13.9. The molecule has 1 fully saturated rings. The summed E-state index contributed by atoms with van der Waals surface area (Å²) in [6, 6.07) is 0. The molecule has 0 saturated carbocycles. The lowest BCUT2D eigenvalue weighted by Crippen LogP contribution is -2.46. The molecule has 0 spiro atoms. The number of carbonyl (C=O) groups excluding carboxylic acids is 2. The summed E-state index contributed by atoms with van der Waals surface area (Å²) in [6.07, 6.45) is 1.24. The highest BCUT2D eigenvalue weighted by Crippen LogP contribution is 2.20. The van der Waals surface area contributed by atoms with Crippen LogP contribution in [0.5, 0.6) is 0 Å². The van der Waals surface area contributed by atoms with Gasteiger partial charge in [0, 0.05) is 25.0 Å². The van der Waals surface area contributed by atoms with Gasteiger partial charge in [-0.25, -0.2) is 0 Å². The quantitative estimate of drug-likeness (QED) is 0.813. The first-order valence-electron chi connectivity index (χ1n) is 6.85. The van der Waals surface area contributed by atoms with Gasteiger partial charge in [-0.05, 0) is 26.2 Å². The maximum Gasteiger partial charge on any atom is 0.225 e. The number of nitrogens with one attached hydrogen (secondary N) is 1. The first-order chi connectivity index (χ1) is 8.25. The molecule has 1 rings (SSSR count). The zero-order valence-electron chi connectivity index (χ0n) is 12.2. The molecule has 4 nitrogen and oxygen atoms in total. The van der Waals surface area contributed by atoms with Gasteiger partial charge in [-0.3, -0.25) is 9.59 Å². The van der Waals surface area contributed by atoms with Crippen molar-refractivity contribution < 1.29 is 9.59 Å². The predicted molar refractivity (Wildman–Crippen MR) is 72.0 cm³/mol.